The molecule has 1 aromatic rings. The van der Waals surface area contributed by atoms with Crippen molar-refractivity contribution < 1.29 is 0 Å². The predicted molar refractivity (Wildman–Crippen MR) is 91.4 cm³/mol. The van der Waals surface area contributed by atoms with Gasteiger partial charge in [0.15, 0.2) is 0 Å². The lowest BCUT2D eigenvalue weighted by atomic mass is 9.84. The first kappa shape index (κ1) is 17.7. The van der Waals surface area contributed by atoms with Gasteiger partial charge in [-0.25, -0.2) is 0 Å². The van der Waals surface area contributed by atoms with Gasteiger partial charge in [0.1, 0.15) is 0 Å². The minimum Gasteiger partial charge on any atom is -0.314 e. The number of hydrogen-bond acceptors (Lipinski definition) is 3. The Labute approximate surface area is 129 Å². The molecular weight excluding hydrogens is 264 g/mol. The summed E-state index contributed by atoms with van der Waals surface area (Å²) < 4.78 is 0. The van der Waals surface area contributed by atoms with Gasteiger partial charge in [0, 0.05) is 30.1 Å². The summed E-state index contributed by atoms with van der Waals surface area (Å²) in [5.41, 5.74) is 0.275. The molecule has 0 spiro atoms. The molecule has 0 aliphatic carbocycles. The van der Waals surface area contributed by atoms with Crippen molar-refractivity contribution in [2.75, 3.05) is 13.1 Å². The van der Waals surface area contributed by atoms with Gasteiger partial charge in [0.25, 0.3) is 0 Å². The van der Waals surface area contributed by atoms with E-state index in [9.17, 15) is 0 Å². The van der Waals surface area contributed by atoms with Crippen LogP contribution >= 0.6 is 11.3 Å². The molecule has 1 rings (SSSR count). The lowest BCUT2D eigenvalue weighted by molar-refractivity contribution is 0.112. The van der Waals surface area contributed by atoms with Crippen molar-refractivity contribution in [3.05, 3.63) is 22.4 Å². The van der Waals surface area contributed by atoms with E-state index in [2.05, 4.69) is 69.3 Å². The third kappa shape index (κ3) is 5.55. The van der Waals surface area contributed by atoms with Crippen LogP contribution in [0.25, 0.3) is 0 Å². The Morgan fingerprint density at radius 3 is 2.50 bits per heavy atom. The topological polar surface area (TPSA) is 15.3 Å². The van der Waals surface area contributed by atoms with Crippen molar-refractivity contribution in [1.82, 2.24) is 10.2 Å². The van der Waals surface area contributed by atoms with Gasteiger partial charge in [-0.15, -0.1) is 11.3 Å². The maximum Gasteiger partial charge on any atom is 0.0330 e. The first-order valence-electron chi connectivity index (χ1n) is 7.86. The van der Waals surface area contributed by atoms with E-state index in [1.165, 1.54) is 11.3 Å². The molecule has 3 heteroatoms. The largest absolute Gasteiger partial charge is 0.314 e. The van der Waals surface area contributed by atoms with Gasteiger partial charge in [-0.2, -0.15) is 0 Å². The average molecular weight is 297 g/mol. The average Bonchev–Trinajstić information content (AvgIpc) is 2.87. The molecule has 0 aliphatic heterocycles. The molecule has 0 bridgehead atoms. The first-order chi connectivity index (χ1) is 9.36. The lowest BCUT2D eigenvalue weighted by Gasteiger charge is -2.39. The Morgan fingerprint density at radius 1 is 1.30 bits per heavy atom. The summed E-state index contributed by atoms with van der Waals surface area (Å²) >= 11 is 1.86. The Bertz CT molecular complexity index is 357. The van der Waals surface area contributed by atoms with Crippen molar-refractivity contribution in [3.63, 3.8) is 0 Å². The summed E-state index contributed by atoms with van der Waals surface area (Å²) in [7, 11) is 0. The minimum atomic E-state index is 0.275. The fourth-order valence-corrected chi connectivity index (χ4v) is 3.05. The zero-order valence-electron chi connectivity index (χ0n) is 14.1. The summed E-state index contributed by atoms with van der Waals surface area (Å²) in [6.45, 7) is 17.2. The number of nitrogens with zero attached hydrogens (tertiary/aromatic N) is 1. The SMILES string of the molecule is CCCNC(C)C(C)(C)CN(Cc1cccs1)C(C)C. The van der Waals surface area contributed by atoms with Crippen LogP contribution < -0.4 is 5.32 Å². The number of hydrogen-bond donors (Lipinski definition) is 1. The fraction of sp³-hybridized carbons (Fsp3) is 0.765. The normalized spacial score (nSPS) is 14.2. The number of rotatable bonds is 9. The molecule has 20 heavy (non-hydrogen) atoms. The molecule has 0 radical (unpaired) electrons. The van der Waals surface area contributed by atoms with Crippen LogP contribution in [-0.4, -0.2) is 30.1 Å². The van der Waals surface area contributed by atoms with E-state index in [0.29, 0.717) is 12.1 Å². The van der Waals surface area contributed by atoms with Crippen LogP contribution in [0.15, 0.2) is 17.5 Å². The van der Waals surface area contributed by atoms with Crippen molar-refractivity contribution in [2.45, 2.75) is 66.6 Å². The first-order valence-corrected chi connectivity index (χ1v) is 8.74. The molecule has 0 fully saturated rings. The molecule has 1 N–H and O–H groups in total. The van der Waals surface area contributed by atoms with Crippen molar-refractivity contribution >= 4 is 11.3 Å². The highest BCUT2D eigenvalue weighted by Gasteiger charge is 2.29. The quantitative estimate of drug-likeness (QED) is 0.728. The molecule has 0 aromatic carbocycles. The summed E-state index contributed by atoms with van der Waals surface area (Å²) in [5, 5.41) is 5.82. The molecule has 1 atom stereocenters. The van der Waals surface area contributed by atoms with E-state index in [1.54, 1.807) is 0 Å². The molecular formula is C17H32N2S. The second-order valence-electron chi connectivity index (χ2n) is 6.74. The molecule has 1 aromatic heterocycles. The molecule has 116 valence electrons. The monoisotopic (exact) mass is 296 g/mol. The van der Waals surface area contributed by atoms with E-state index in [-0.39, 0.29) is 5.41 Å². The third-order valence-corrected chi connectivity index (χ3v) is 5.01. The smallest absolute Gasteiger partial charge is 0.0330 e. The highest BCUT2D eigenvalue weighted by molar-refractivity contribution is 7.09. The van der Waals surface area contributed by atoms with Crippen LogP contribution in [0.1, 0.15) is 52.8 Å². The van der Waals surface area contributed by atoms with Crippen LogP contribution in [0.4, 0.5) is 0 Å². The van der Waals surface area contributed by atoms with Crippen molar-refractivity contribution in [1.29, 1.82) is 0 Å². The molecule has 0 aliphatic rings. The van der Waals surface area contributed by atoms with Gasteiger partial charge < -0.3 is 5.32 Å². The van der Waals surface area contributed by atoms with Crippen LogP contribution in [-0.2, 0) is 6.54 Å². The van der Waals surface area contributed by atoms with Gasteiger partial charge in [0.2, 0.25) is 0 Å². The van der Waals surface area contributed by atoms with E-state index in [4.69, 9.17) is 0 Å². The van der Waals surface area contributed by atoms with Crippen LogP contribution in [0.2, 0.25) is 0 Å². The summed E-state index contributed by atoms with van der Waals surface area (Å²) in [4.78, 5) is 4.05. The van der Waals surface area contributed by atoms with E-state index in [1.807, 2.05) is 11.3 Å². The predicted octanol–water partition coefficient (Wildman–Crippen LogP) is 4.37. The summed E-state index contributed by atoms with van der Waals surface area (Å²) in [6, 6.07) is 5.50. The van der Waals surface area contributed by atoms with Gasteiger partial charge in [-0.05, 0) is 50.6 Å². The van der Waals surface area contributed by atoms with Gasteiger partial charge in [0.05, 0.1) is 0 Å². The van der Waals surface area contributed by atoms with Crippen LogP contribution in [0, 0.1) is 5.41 Å². The number of thiophene rings is 1. The van der Waals surface area contributed by atoms with Crippen LogP contribution in [0.3, 0.4) is 0 Å². The van der Waals surface area contributed by atoms with Gasteiger partial charge in [-0.3, -0.25) is 4.90 Å². The van der Waals surface area contributed by atoms with E-state index in [0.717, 1.165) is 19.6 Å². The maximum atomic E-state index is 3.65. The van der Waals surface area contributed by atoms with E-state index < -0.39 is 0 Å². The zero-order valence-corrected chi connectivity index (χ0v) is 14.9. The lowest BCUT2D eigenvalue weighted by Crippen LogP contribution is -2.48. The highest BCUT2D eigenvalue weighted by atomic mass is 32.1. The third-order valence-electron chi connectivity index (χ3n) is 4.15. The van der Waals surface area contributed by atoms with E-state index >= 15 is 0 Å². The van der Waals surface area contributed by atoms with Crippen molar-refractivity contribution in [3.8, 4) is 0 Å². The standard InChI is InChI=1S/C17H32N2S/c1-7-10-18-15(4)17(5,6)13-19(14(2)3)12-16-9-8-11-20-16/h8-9,11,14-15,18H,7,10,12-13H2,1-6H3. The maximum absolute atomic E-state index is 3.65. The second kappa shape index (κ2) is 8.16. The minimum absolute atomic E-state index is 0.275. The fourth-order valence-electron chi connectivity index (χ4n) is 2.32. The molecule has 1 unspecified atom stereocenters. The second-order valence-corrected chi connectivity index (χ2v) is 7.77. The van der Waals surface area contributed by atoms with Gasteiger partial charge >= 0.3 is 0 Å². The highest BCUT2D eigenvalue weighted by Crippen LogP contribution is 2.25. The van der Waals surface area contributed by atoms with Crippen molar-refractivity contribution in [2.24, 2.45) is 5.41 Å². The summed E-state index contributed by atoms with van der Waals surface area (Å²) in [5.74, 6) is 0. The van der Waals surface area contributed by atoms with Gasteiger partial charge in [-0.1, -0.05) is 26.8 Å². The zero-order chi connectivity index (χ0) is 15.2. The Kier molecular flexibility index (Phi) is 7.21. The Balaban J connectivity index is 2.63. The molecule has 1 heterocycles. The molecule has 0 amide bonds. The molecule has 0 saturated carbocycles. The molecule has 0 saturated heterocycles. The molecule has 2 nitrogen and oxygen atoms in total. The van der Waals surface area contributed by atoms with Crippen LogP contribution in [0.5, 0.6) is 0 Å². The summed E-state index contributed by atoms with van der Waals surface area (Å²) in [6.07, 6.45) is 1.20. The Hall–Kier alpha value is -0.380. The Morgan fingerprint density at radius 2 is 2.00 bits per heavy atom. The number of nitrogens with one attached hydrogen (secondary N) is 1.